The van der Waals surface area contributed by atoms with Crippen LogP contribution >= 0.6 is 15.9 Å². The predicted octanol–water partition coefficient (Wildman–Crippen LogP) is 2.95. The first-order valence-electron chi connectivity index (χ1n) is 5.19. The molecule has 0 radical (unpaired) electrons. The number of benzene rings is 1. The van der Waals surface area contributed by atoms with Crippen molar-refractivity contribution < 1.29 is 8.42 Å². The Hall–Kier alpha value is -1.40. The van der Waals surface area contributed by atoms with Crippen molar-refractivity contribution in [1.29, 1.82) is 0 Å². The van der Waals surface area contributed by atoms with Gasteiger partial charge in [0.25, 0.3) is 10.0 Å². The minimum absolute atomic E-state index is 0.193. The van der Waals surface area contributed by atoms with Crippen molar-refractivity contribution in [2.75, 3.05) is 4.72 Å². The highest BCUT2D eigenvalue weighted by molar-refractivity contribution is 9.10. The third-order valence-corrected chi connectivity index (χ3v) is 4.61. The molecule has 94 valence electrons. The normalized spacial score (nSPS) is 11.2. The van der Waals surface area contributed by atoms with Crippen LogP contribution in [0.5, 0.6) is 0 Å². The van der Waals surface area contributed by atoms with Crippen molar-refractivity contribution in [2.24, 2.45) is 0 Å². The Morgan fingerprint density at radius 1 is 1.22 bits per heavy atom. The molecular weight excluding hydrogens is 316 g/mol. The lowest BCUT2D eigenvalue weighted by Crippen LogP contribution is -2.14. The molecule has 6 heteroatoms. The van der Waals surface area contributed by atoms with Gasteiger partial charge in [0, 0.05) is 10.7 Å². The van der Waals surface area contributed by atoms with Crippen molar-refractivity contribution in [3.63, 3.8) is 0 Å². The van der Waals surface area contributed by atoms with Crippen molar-refractivity contribution in [3.8, 4) is 0 Å². The maximum atomic E-state index is 12.2. The molecule has 0 saturated heterocycles. The second kappa shape index (κ2) is 5.07. The van der Waals surface area contributed by atoms with Gasteiger partial charge in [-0.1, -0.05) is 12.1 Å². The Labute approximate surface area is 114 Å². The number of pyridine rings is 1. The lowest BCUT2D eigenvalue weighted by Gasteiger charge is -2.09. The molecule has 0 atom stereocenters. The highest BCUT2D eigenvalue weighted by atomic mass is 79.9. The second-order valence-electron chi connectivity index (χ2n) is 3.75. The van der Waals surface area contributed by atoms with Gasteiger partial charge in [-0.05, 0) is 52.7 Å². The summed E-state index contributed by atoms with van der Waals surface area (Å²) < 4.78 is 27.3. The number of nitrogens with zero attached hydrogens (tertiary/aromatic N) is 1. The van der Waals surface area contributed by atoms with Crippen molar-refractivity contribution in [1.82, 2.24) is 4.98 Å². The molecule has 2 aromatic rings. The van der Waals surface area contributed by atoms with Gasteiger partial charge in [0.05, 0.1) is 0 Å². The minimum atomic E-state index is -3.62. The molecule has 4 nitrogen and oxygen atoms in total. The van der Waals surface area contributed by atoms with Crippen LogP contribution in [0.3, 0.4) is 0 Å². The van der Waals surface area contributed by atoms with Gasteiger partial charge in [0.1, 0.15) is 10.7 Å². The third-order valence-electron chi connectivity index (χ3n) is 2.28. The highest BCUT2D eigenvalue weighted by Crippen LogP contribution is 2.24. The lowest BCUT2D eigenvalue weighted by atomic mass is 10.2. The number of aromatic nitrogens is 1. The molecule has 1 aromatic carbocycles. The third kappa shape index (κ3) is 2.88. The van der Waals surface area contributed by atoms with Crippen LogP contribution in [0.25, 0.3) is 0 Å². The van der Waals surface area contributed by atoms with Crippen LogP contribution in [0.1, 0.15) is 5.56 Å². The summed E-state index contributed by atoms with van der Waals surface area (Å²) in [5.41, 5.74) is 0.985. The first-order chi connectivity index (χ1) is 8.49. The van der Waals surface area contributed by atoms with Crippen molar-refractivity contribution in [2.45, 2.75) is 11.8 Å². The molecule has 0 aliphatic carbocycles. The summed E-state index contributed by atoms with van der Waals surface area (Å²) in [4.78, 5) is 4.12. The van der Waals surface area contributed by atoms with E-state index in [2.05, 4.69) is 25.6 Å². The lowest BCUT2D eigenvalue weighted by molar-refractivity contribution is 0.600. The van der Waals surface area contributed by atoms with Crippen LogP contribution in [0.2, 0.25) is 0 Å². The Balaban J connectivity index is 2.37. The number of aryl methyl sites for hydroxylation is 1. The first-order valence-corrected chi connectivity index (χ1v) is 7.47. The Kier molecular flexibility index (Phi) is 3.68. The molecule has 0 bridgehead atoms. The number of hydrogen-bond acceptors (Lipinski definition) is 3. The van der Waals surface area contributed by atoms with E-state index in [1.165, 1.54) is 6.20 Å². The van der Waals surface area contributed by atoms with Gasteiger partial charge in [-0.2, -0.15) is 0 Å². The SMILES string of the molecule is Cc1ccc(S(=O)(=O)Nc2ccccn2)c(Br)c1. The topological polar surface area (TPSA) is 59.1 Å². The molecule has 0 fully saturated rings. The van der Waals surface area contributed by atoms with Gasteiger partial charge >= 0.3 is 0 Å². The van der Waals surface area contributed by atoms with Crippen LogP contribution in [-0.4, -0.2) is 13.4 Å². The Morgan fingerprint density at radius 2 is 2.00 bits per heavy atom. The van der Waals surface area contributed by atoms with Crippen molar-refractivity contribution in [3.05, 3.63) is 52.6 Å². The van der Waals surface area contributed by atoms with E-state index < -0.39 is 10.0 Å². The molecule has 0 aliphatic heterocycles. The highest BCUT2D eigenvalue weighted by Gasteiger charge is 2.17. The molecule has 0 aliphatic rings. The van der Waals surface area contributed by atoms with Gasteiger partial charge < -0.3 is 0 Å². The molecule has 1 aromatic heterocycles. The number of hydrogen-bond donors (Lipinski definition) is 1. The Morgan fingerprint density at radius 3 is 2.61 bits per heavy atom. The number of rotatable bonds is 3. The smallest absolute Gasteiger partial charge is 0.263 e. The van der Waals surface area contributed by atoms with E-state index in [1.807, 2.05) is 6.92 Å². The van der Waals surface area contributed by atoms with Crippen LogP contribution < -0.4 is 4.72 Å². The maximum Gasteiger partial charge on any atom is 0.264 e. The van der Waals surface area contributed by atoms with Gasteiger partial charge in [0.2, 0.25) is 0 Å². The molecule has 0 amide bonds. The van der Waals surface area contributed by atoms with E-state index in [9.17, 15) is 8.42 Å². The van der Waals surface area contributed by atoms with E-state index in [0.717, 1.165) is 5.56 Å². The summed E-state index contributed by atoms with van der Waals surface area (Å²) in [7, 11) is -3.62. The number of halogens is 1. The minimum Gasteiger partial charge on any atom is -0.263 e. The average Bonchev–Trinajstić information content (AvgIpc) is 2.29. The summed E-state index contributed by atoms with van der Waals surface area (Å²) >= 11 is 3.26. The molecule has 18 heavy (non-hydrogen) atoms. The zero-order valence-corrected chi connectivity index (χ0v) is 12.0. The monoisotopic (exact) mass is 326 g/mol. The molecule has 0 spiro atoms. The maximum absolute atomic E-state index is 12.2. The summed E-state index contributed by atoms with van der Waals surface area (Å²) in [6, 6.07) is 10.1. The zero-order chi connectivity index (χ0) is 13.2. The summed E-state index contributed by atoms with van der Waals surface area (Å²) in [6.07, 6.45) is 1.53. The molecule has 1 heterocycles. The van der Waals surface area contributed by atoms with Crippen LogP contribution in [0.4, 0.5) is 5.82 Å². The summed E-state index contributed by atoms with van der Waals surface area (Å²) in [5, 5.41) is 0. The fraction of sp³-hybridized carbons (Fsp3) is 0.0833. The zero-order valence-electron chi connectivity index (χ0n) is 9.59. The molecule has 2 rings (SSSR count). The molecular formula is C12H11BrN2O2S. The van der Waals surface area contributed by atoms with Gasteiger partial charge in [-0.25, -0.2) is 13.4 Å². The average molecular weight is 327 g/mol. The molecule has 0 saturated carbocycles. The molecule has 1 N–H and O–H groups in total. The van der Waals surface area contributed by atoms with E-state index in [0.29, 0.717) is 10.3 Å². The molecule has 0 unspecified atom stereocenters. The van der Waals surface area contributed by atoms with Crippen LogP contribution in [-0.2, 0) is 10.0 Å². The van der Waals surface area contributed by atoms with Gasteiger partial charge in [-0.3, -0.25) is 4.72 Å². The standard InChI is InChI=1S/C12H11BrN2O2S/c1-9-5-6-11(10(13)8-9)18(16,17)15-12-4-2-3-7-14-12/h2-8H,1H3,(H,14,15). The fourth-order valence-corrected chi connectivity index (χ4v) is 3.64. The Bertz CT molecular complexity index is 657. The van der Waals surface area contributed by atoms with Gasteiger partial charge in [0.15, 0.2) is 0 Å². The van der Waals surface area contributed by atoms with Crippen molar-refractivity contribution >= 4 is 31.8 Å². The predicted molar refractivity (Wildman–Crippen MR) is 73.9 cm³/mol. The first kappa shape index (κ1) is 13.0. The van der Waals surface area contributed by atoms with E-state index in [4.69, 9.17) is 0 Å². The van der Waals surface area contributed by atoms with Crippen LogP contribution in [0.15, 0.2) is 52.0 Å². The summed E-state index contributed by atoms with van der Waals surface area (Å²) in [6.45, 7) is 1.90. The number of anilines is 1. The second-order valence-corrected chi connectivity index (χ2v) is 6.26. The van der Waals surface area contributed by atoms with E-state index in [1.54, 1.807) is 36.4 Å². The number of sulfonamides is 1. The largest absolute Gasteiger partial charge is 0.264 e. The quantitative estimate of drug-likeness (QED) is 0.943. The van der Waals surface area contributed by atoms with Gasteiger partial charge in [-0.15, -0.1) is 0 Å². The summed E-state index contributed by atoms with van der Waals surface area (Å²) in [5.74, 6) is 0.296. The number of nitrogens with one attached hydrogen (secondary N) is 1. The fourth-order valence-electron chi connectivity index (χ4n) is 1.44. The van der Waals surface area contributed by atoms with Crippen LogP contribution in [0, 0.1) is 6.92 Å². The van der Waals surface area contributed by atoms with E-state index >= 15 is 0 Å². The van der Waals surface area contributed by atoms with E-state index in [-0.39, 0.29) is 4.90 Å².